The first-order valence-corrected chi connectivity index (χ1v) is 2.48. The second-order valence-corrected chi connectivity index (χ2v) is 1.68. The van der Waals surface area contributed by atoms with Crippen LogP contribution in [0, 0.1) is 5.92 Å². The molecule has 0 amide bonds. The van der Waals surface area contributed by atoms with E-state index < -0.39 is 11.9 Å². The Morgan fingerprint density at radius 1 is 1.88 bits per heavy atom. The van der Waals surface area contributed by atoms with E-state index in [-0.39, 0.29) is 57.3 Å². The third kappa shape index (κ3) is 5.53. The number of halogens is 1. The van der Waals surface area contributed by atoms with Crippen molar-refractivity contribution in [1.82, 2.24) is 0 Å². The molecule has 0 aliphatic carbocycles. The molecule has 0 aliphatic rings. The molecule has 0 aromatic carbocycles. The number of hydrogen-bond donors (Lipinski definition) is 0. The number of rotatable bonds is 2. The second-order valence-electron chi connectivity index (χ2n) is 1.37. The molecular formula is C4H6ClKO2. The average Bonchev–Trinajstić information content (AvgIpc) is 1.65. The van der Waals surface area contributed by atoms with E-state index >= 15 is 0 Å². The Kier molecular flexibility index (Phi) is 9.86. The molecular weight excluding hydrogens is 155 g/mol. The molecule has 0 rings (SSSR count). The van der Waals surface area contributed by atoms with Crippen molar-refractivity contribution >= 4 is 17.6 Å². The van der Waals surface area contributed by atoms with Gasteiger partial charge in [0.15, 0.2) is 0 Å². The fourth-order valence-corrected chi connectivity index (χ4v) is 0.189. The van der Waals surface area contributed by atoms with E-state index in [1.165, 1.54) is 6.92 Å². The van der Waals surface area contributed by atoms with Crippen LogP contribution in [0.25, 0.3) is 0 Å². The summed E-state index contributed by atoms with van der Waals surface area (Å²) in [6.45, 7) is 1.50. The maximum absolute atomic E-state index is 9.73. The summed E-state index contributed by atoms with van der Waals surface area (Å²) in [6, 6.07) is 0. The summed E-state index contributed by atoms with van der Waals surface area (Å²) >= 11 is 5.13. The summed E-state index contributed by atoms with van der Waals surface area (Å²) in [5, 5.41) is 9.73. The van der Waals surface area contributed by atoms with Crippen LogP contribution in [0.3, 0.4) is 0 Å². The Morgan fingerprint density at radius 3 is 2.25 bits per heavy atom. The van der Waals surface area contributed by atoms with Crippen molar-refractivity contribution < 1.29 is 61.3 Å². The molecule has 42 valence electrons. The van der Waals surface area contributed by atoms with E-state index in [1.54, 1.807) is 0 Å². The van der Waals surface area contributed by atoms with Gasteiger partial charge in [-0.15, -0.1) is 11.6 Å². The molecule has 0 aromatic heterocycles. The molecule has 2 nitrogen and oxygen atoms in total. The molecule has 1 unspecified atom stereocenters. The van der Waals surface area contributed by atoms with Crippen molar-refractivity contribution in [3.8, 4) is 0 Å². The number of aliphatic carboxylic acids is 1. The summed E-state index contributed by atoms with van der Waals surface area (Å²) in [7, 11) is 0. The van der Waals surface area contributed by atoms with E-state index in [1.807, 2.05) is 0 Å². The quantitative estimate of drug-likeness (QED) is 0.313. The topological polar surface area (TPSA) is 40.1 Å². The van der Waals surface area contributed by atoms with E-state index in [0.717, 1.165) is 0 Å². The number of hydrogen-bond acceptors (Lipinski definition) is 2. The largest absolute Gasteiger partial charge is 1.00 e. The van der Waals surface area contributed by atoms with Gasteiger partial charge in [0.25, 0.3) is 0 Å². The molecule has 0 saturated carbocycles. The van der Waals surface area contributed by atoms with Crippen LogP contribution in [-0.2, 0) is 4.79 Å². The zero-order valence-corrected chi connectivity index (χ0v) is 8.86. The van der Waals surface area contributed by atoms with E-state index in [2.05, 4.69) is 0 Å². The van der Waals surface area contributed by atoms with Gasteiger partial charge >= 0.3 is 51.4 Å². The molecule has 0 spiro atoms. The number of carboxylic acids is 1. The SMILES string of the molecule is CC(CCl)C(=O)[O-].[K+]. The van der Waals surface area contributed by atoms with Gasteiger partial charge in [0.1, 0.15) is 0 Å². The van der Waals surface area contributed by atoms with Gasteiger partial charge in [-0.05, 0) is 0 Å². The first kappa shape index (κ1) is 12.1. The molecule has 8 heavy (non-hydrogen) atoms. The van der Waals surface area contributed by atoms with Crippen molar-refractivity contribution in [2.24, 2.45) is 5.92 Å². The third-order valence-corrected chi connectivity index (χ3v) is 1.10. The van der Waals surface area contributed by atoms with Gasteiger partial charge in [0.2, 0.25) is 0 Å². The van der Waals surface area contributed by atoms with Crippen molar-refractivity contribution in [3.05, 3.63) is 0 Å². The first-order valence-electron chi connectivity index (χ1n) is 1.95. The van der Waals surface area contributed by atoms with Crippen molar-refractivity contribution in [3.63, 3.8) is 0 Å². The third-order valence-electron chi connectivity index (χ3n) is 0.634. The number of carbonyl (C=O) groups is 1. The van der Waals surface area contributed by atoms with Crippen LogP contribution in [0.4, 0.5) is 0 Å². The van der Waals surface area contributed by atoms with E-state index in [0.29, 0.717) is 0 Å². The summed E-state index contributed by atoms with van der Waals surface area (Å²) in [5.74, 6) is -1.49. The number of carboxylic acid groups (broad SMARTS) is 1. The molecule has 4 heteroatoms. The van der Waals surface area contributed by atoms with Crippen LogP contribution >= 0.6 is 11.6 Å². The van der Waals surface area contributed by atoms with Gasteiger partial charge in [-0.2, -0.15) is 0 Å². The molecule has 0 aliphatic heterocycles. The second kappa shape index (κ2) is 6.52. The maximum atomic E-state index is 9.73. The van der Waals surface area contributed by atoms with E-state index in [9.17, 15) is 9.90 Å². The summed E-state index contributed by atoms with van der Waals surface area (Å²) < 4.78 is 0. The van der Waals surface area contributed by atoms with Crippen molar-refractivity contribution in [2.45, 2.75) is 6.92 Å². The van der Waals surface area contributed by atoms with E-state index in [4.69, 9.17) is 11.6 Å². The minimum absolute atomic E-state index is 0. The van der Waals surface area contributed by atoms with Crippen molar-refractivity contribution in [1.29, 1.82) is 0 Å². The summed E-state index contributed by atoms with van der Waals surface area (Å²) in [6.07, 6.45) is 0. The Bertz CT molecular complexity index is 76.4. The molecule has 0 bridgehead atoms. The van der Waals surface area contributed by atoms with Gasteiger partial charge in [0.05, 0.1) is 0 Å². The van der Waals surface area contributed by atoms with Crippen LogP contribution in [0.5, 0.6) is 0 Å². The predicted octanol–water partition coefficient (Wildman–Crippen LogP) is -3.38. The molecule has 1 atom stereocenters. The summed E-state index contributed by atoms with van der Waals surface area (Å²) in [4.78, 5) is 9.73. The van der Waals surface area contributed by atoms with Crippen LogP contribution in [0.1, 0.15) is 6.92 Å². The van der Waals surface area contributed by atoms with Gasteiger partial charge < -0.3 is 9.90 Å². The molecule has 0 N–H and O–H groups in total. The molecule has 0 heterocycles. The molecule has 0 fully saturated rings. The Morgan fingerprint density at radius 2 is 2.25 bits per heavy atom. The standard InChI is InChI=1S/C4H7ClO2.K/c1-3(2-5)4(6)7;/h3H,2H2,1H3,(H,6,7);/q;+1/p-1. The van der Waals surface area contributed by atoms with Gasteiger partial charge in [-0.3, -0.25) is 0 Å². The fraction of sp³-hybridized carbons (Fsp3) is 0.750. The van der Waals surface area contributed by atoms with Crippen LogP contribution in [0.15, 0.2) is 0 Å². The summed E-state index contributed by atoms with van der Waals surface area (Å²) in [5.41, 5.74) is 0. The minimum Gasteiger partial charge on any atom is -0.550 e. The maximum Gasteiger partial charge on any atom is 1.00 e. The first-order chi connectivity index (χ1) is 3.18. The van der Waals surface area contributed by atoms with Crippen molar-refractivity contribution in [2.75, 3.05) is 5.88 Å². The van der Waals surface area contributed by atoms with Gasteiger partial charge in [-0.25, -0.2) is 0 Å². The van der Waals surface area contributed by atoms with Gasteiger partial charge in [0, 0.05) is 17.8 Å². The Balaban J connectivity index is 0. The monoisotopic (exact) mass is 160 g/mol. The molecule has 0 radical (unpaired) electrons. The van der Waals surface area contributed by atoms with Gasteiger partial charge in [-0.1, -0.05) is 6.92 Å². The zero-order valence-electron chi connectivity index (χ0n) is 4.98. The average molecular weight is 161 g/mol. The normalized spacial score (nSPS) is 11.8. The number of carbonyl (C=O) groups excluding carboxylic acids is 1. The van der Waals surface area contributed by atoms with Crippen LogP contribution < -0.4 is 56.5 Å². The molecule has 0 saturated heterocycles. The van der Waals surface area contributed by atoms with Crippen LogP contribution in [-0.4, -0.2) is 11.8 Å². The predicted molar refractivity (Wildman–Crippen MR) is 24.9 cm³/mol. The molecule has 0 aromatic rings. The Labute approximate surface area is 96.0 Å². The zero-order chi connectivity index (χ0) is 5.86. The smallest absolute Gasteiger partial charge is 0.550 e. The van der Waals surface area contributed by atoms with Crippen LogP contribution in [0.2, 0.25) is 0 Å². The fourth-order valence-electron chi connectivity index (χ4n) is 0.0630. The number of alkyl halides is 1. The minimum atomic E-state index is -1.09. The Hall–Kier alpha value is 1.40.